The number of aromatic amines is 1. The minimum atomic E-state index is 0.0356. The van der Waals surface area contributed by atoms with Gasteiger partial charge >= 0.3 is 0 Å². The average molecular weight is 267 g/mol. The van der Waals surface area contributed by atoms with E-state index < -0.39 is 0 Å². The molecule has 0 aromatic carbocycles. The molecule has 3 N–H and O–H groups in total. The Labute approximate surface area is 117 Å². The molecule has 110 valence electrons. The third-order valence-corrected chi connectivity index (χ3v) is 3.42. The Balaban J connectivity index is 2.33. The first-order valence-electron chi connectivity index (χ1n) is 7.10. The number of hydrogen-bond donors (Lipinski definition) is 3. The predicted molar refractivity (Wildman–Crippen MR) is 79.1 cm³/mol. The molecule has 0 fully saturated rings. The highest BCUT2D eigenvalue weighted by Crippen LogP contribution is 2.23. The molecule has 0 bridgehead atoms. The molecule has 1 heterocycles. The number of rotatable bonds is 7. The third-order valence-electron chi connectivity index (χ3n) is 3.42. The molecule has 0 aliphatic carbocycles. The average Bonchev–Trinajstić information content (AvgIpc) is 2.76. The van der Waals surface area contributed by atoms with Crippen LogP contribution in [0.25, 0.3) is 0 Å². The molecule has 1 aromatic heterocycles. The molecule has 4 heteroatoms. The summed E-state index contributed by atoms with van der Waals surface area (Å²) >= 11 is 0. The lowest BCUT2D eigenvalue weighted by atomic mass is 9.89. The number of nitrogens with one attached hydrogen (secondary N) is 2. The Morgan fingerprint density at radius 2 is 1.95 bits per heavy atom. The van der Waals surface area contributed by atoms with E-state index >= 15 is 0 Å². The molecule has 19 heavy (non-hydrogen) atoms. The Morgan fingerprint density at radius 3 is 2.53 bits per heavy atom. The van der Waals surface area contributed by atoms with E-state index in [0.717, 1.165) is 25.9 Å². The molecular weight excluding hydrogens is 238 g/mol. The maximum atomic E-state index is 9.19. The van der Waals surface area contributed by atoms with Gasteiger partial charge in [-0.2, -0.15) is 5.10 Å². The molecule has 0 spiro atoms. The Morgan fingerprint density at radius 1 is 1.26 bits per heavy atom. The Kier molecular flexibility index (Phi) is 5.56. The third kappa shape index (κ3) is 5.33. The highest BCUT2D eigenvalue weighted by atomic mass is 16.3. The van der Waals surface area contributed by atoms with Crippen molar-refractivity contribution in [2.75, 3.05) is 13.2 Å². The van der Waals surface area contributed by atoms with E-state index in [-0.39, 0.29) is 17.4 Å². The van der Waals surface area contributed by atoms with E-state index in [1.165, 1.54) is 11.3 Å². The molecule has 0 radical (unpaired) electrons. The van der Waals surface area contributed by atoms with E-state index in [1.807, 2.05) is 6.20 Å². The maximum absolute atomic E-state index is 9.19. The van der Waals surface area contributed by atoms with Gasteiger partial charge in [-0.25, -0.2) is 0 Å². The molecular formula is C15H29N3O. The van der Waals surface area contributed by atoms with Gasteiger partial charge in [0.25, 0.3) is 0 Å². The van der Waals surface area contributed by atoms with Crippen LogP contribution >= 0.6 is 0 Å². The van der Waals surface area contributed by atoms with E-state index in [4.69, 9.17) is 0 Å². The second-order valence-electron chi connectivity index (χ2n) is 7.12. The van der Waals surface area contributed by atoms with Gasteiger partial charge in [0.1, 0.15) is 0 Å². The minimum absolute atomic E-state index is 0.0356. The van der Waals surface area contributed by atoms with Crippen LogP contribution in [0.5, 0.6) is 0 Å². The van der Waals surface area contributed by atoms with E-state index in [1.54, 1.807) is 0 Å². The number of aliphatic hydroxyl groups is 1. The van der Waals surface area contributed by atoms with Crippen LogP contribution < -0.4 is 5.32 Å². The van der Waals surface area contributed by atoms with Crippen LogP contribution in [0.15, 0.2) is 6.20 Å². The first-order chi connectivity index (χ1) is 8.76. The molecule has 0 saturated carbocycles. The maximum Gasteiger partial charge on any atom is 0.0535 e. The van der Waals surface area contributed by atoms with Gasteiger partial charge in [0.15, 0.2) is 0 Å². The van der Waals surface area contributed by atoms with E-state index in [2.05, 4.69) is 50.1 Å². The topological polar surface area (TPSA) is 60.9 Å². The number of hydrogen-bond acceptors (Lipinski definition) is 3. The summed E-state index contributed by atoms with van der Waals surface area (Å²) < 4.78 is 0. The van der Waals surface area contributed by atoms with Crippen molar-refractivity contribution in [3.05, 3.63) is 17.5 Å². The molecule has 0 atom stereocenters. The second kappa shape index (κ2) is 6.53. The van der Waals surface area contributed by atoms with Crippen LogP contribution in [0, 0.1) is 5.41 Å². The standard InChI is InChI=1S/C15H29N3O/c1-14(2,3)13-12(10-17-18-13)9-16-8-6-7-15(4,5)11-19/h10,16,19H,6-9,11H2,1-5H3,(H,17,18). The largest absolute Gasteiger partial charge is 0.396 e. The van der Waals surface area contributed by atoms with Crippen molar-refractivity contribution in [3.63, 3.8) is 0 Å². The van der Waals surface area contributed by atoms with Gasteiger partial charge in [-0.05, 0) is 24.8 Å². The van der Waals surface area contributed by atoms with Gasteiger partial charge in [0.05, 0.1) is 6.20 Å². The Bertz CT molecular complexity index is 377. The number of aliphatic hydroxyl groups excluding tert-OH is 1. The van der Waals surface area contributed by atoms with Crippen molar-refractivity contribution >= 4 is 0 Å². The van der Waals surface area contributed by atoms with Crippen molar-refractivity contribution in [1.29, 1.82) is 0 Å². The summed E-state index contributed by atoms with van der Waals surface area (Å²) in [6.07, 6.45) is 4.02. The zero-order chi connectivity index (χ0) is 14.5. The fraction of sp³-hybridized carbons (Fsp3) is 0.800. The molecule has 1 rings (SSSR count). The lowest BCUT2D eigenvalue weighted by molar-refractivity contribution is 0.148. The summed E-state index contributed by atoms with van der Waals surface area (Å²) in [4.78, 5) is 0. The quantitative estimate of drug-likeness (QED) is 0.665. The van der Waals surface area contributed by atoms with Crippen molar-refractivity contribution in [2.45, 2.75) is 59.4 Å². The second-order valence-corrected chi connectivity index (χ2v) is 7.12. The van der Waals surface area contributed by atoms with Gasteiger partial charge in [0.2, 0.25) is 0 Å². The summed E-state index contributed by atoms with van der Waals surface area (Å²) in [6, 6.07) is 0. The molecule has 0 aliphatic heterocycles. The summed E-state index contributed by atoms with van der Waals surface area (Å²) in [5.41, 5.74) is 2.59. The zero-order valence-corrected chi connectivity index (χ0v) is 13.0. The van der Waals surface area contributed by atoms with E-state index in [0.29, 0.717) is 0 Å². The van der Waals surface area contributed by atoms with Crippen LogP contribution in [0.4, 0.5) is 0 Å². The van der Waals surface area contributed by atoms with Crippen LogP contribution in [-0.4, -0.2) is 28.5 Å². The van der Waals surface area contributed by atoms with Crippen LogP contribution in [0.1, 0.15) is 58.7 Å². The van der Waals surface area contributed by atoms with Crippen molar-refractivity contribution in [3.8, 4) is 0 Å². The predicted octanol–water partition coefficient (Wildman–Crippen LogP) is 2.60. The highest BCUT2D eigenvalue weighted by molar-refractivity contribution is 5.23. The lowest BCUT2D eigenvalue weighted by Gasteiger charge is -2.21. The Hall–Kier alpha value is -0.870. The summed E-state index contributed by atoms with van der Waals surface area (Å²) in [5, 5.41) is 19.9. The summed E-state index contributed by atoms with van der Waals surface area (Å²) in [7, 11) is 0. The molecule has 0 amide bonds. The van der Waals surface area contributed by atoms with Crippen molar-refractivity contribution in [2.24, 2.45) is 5.41 Å². The zero-order valence-electron chi connectivity index (χ0n) is 13.0. The van der Waals surface area contributed by atoms with Gasteiger partial charge in [-0.15, -0.1) is 0 Å². The normalized spacial score (nSPS) is 12.9. The van der Waals surface area contributed by atoms with Crippen LogP contribution in [-0.2, 0) is 12.0 Å². The molecule has 4 nitrogen and oxygen atoms in total. The van der Waals surface area contributed by atoms with Gasteiger partial charge in [-0.3, -0.25) is 5.10 Å². The molecule has 0 aliphatic rings. The first kappa shape index (κ1) is 16.2. The van der Waals surface area contributed by atoms with Gasteiger partial charge < -0.3 is 10.4 Å². The number of H-pyrrole nitrogens is 1. The van der Waals surface area contributed by atoms with Gasteiger partial charge in [-0.1, -0.05) is 34.6 Å². The van der Waals surface area contributed by atoms with Crippen molar-refractivity contribution in [1.82, 2.24) is 15.5 Å². The molecule has 0 unspecified atom stereocenters. The molecule has 1 aromatic rings. The summed E-state index contributed by atoms with van der Waals surface area (Å²) in [5.74, 6) is 0. The highest BCUT2D eigenvalue weighted by Gasteiger charge is 2.19. The van der Waals surface area contributed by atoms with E-state index in [9.17, 15) is 5.11 Å². The monoisotopic (exact) mass is 267 g/mol. The first-order valence-corrected chi connectivity index (χ1v) is 7.10. The van der Waals surface area contributed by atoms with Gasteiger partial charge in [0, 0.05) is 29.8 Å². The fourth-order valence-corrected chi connectivity index (χ4v) is 2.09. The SMILES string of the molecule is CC(C)(CO)CCCNCc1cn[nH]c1C(C)(C)C. The smallest absolute Gasteiger partial charge is 0.0535 e. The fourth-order valence-electron chi connectivity index (χ4n) is 2.09. The minimum Gasteiger partial charge on any atom is -0.396 e. The number of aromatic nitrogens is 2. The lowest BCUT2D eigenvalue weighted by Crippen LogP contribution is -2.22. The van der Waals surface area contributed by atoms with Crippen LogP contribution in [0.3, 0.4) is 0 Å². The van der Waals surface area contributed by atoms with Crippen LogP contribution in [0.2, 0.25) is 0 Å². The summed E-state index contributed by atoms with van der Waals surface area (Å²) in [6.45, 7) is 12.8. The molecule has 0 saturated heterocycles. The van der Waals surface area contributed by atoms with Crippen molar-refractivity contribution < 1.29 is 5.11 Å². The number of nitrogens with zero attached hydrogens (tertiary/aromatic N) is 1.